The van der Waals surface area contributed by atoms with Crippen molar-refractivity contribution < 1.29 is 26.3 Å². The number of hydrogen-bond acceptors (Lipinski definition) is 0. The predicted octanol–water partition coefficient (Wildman–Crippen LogP) is 8.71. The van der Waals surface area contributed by atoms with Crippen LogP contribution in [0.4, 0.5) is 26.3 Å². The van der Waals surface area contributed by atoms with Gasteiger partial charge in [-0.15, -0.1) is 0 Å². The van der Waals surface area contributed by atoms with Crippen LogP contribution in [0.2, 0.25) is 0 Å². The number of halogens is 6. The summed E-state index contributed by atoms with van der Waals surface area (Å²) in [7, 11) is -4.16. The Bertz CT molecular complexity index is 1510. The molecule has 0 spiro atoms. The first-order valence-corrected chi connectivity index (χ1v) is 15.2. The van der Waals surface area contributed by atoms with Gasteiger partial charge in [-0.05, 0) is 0 Å². The summed E-state index contributed by atoms with van der Waals surface area (Å²) in [4.78, 5) is 0. The molecule has 0 radical (unpaired) electrons. The van der Waals surface area contributed by atoms with Crippen molar-refractivity contribution in [2.24, 2.45) is 0 Å². The molecule has 0 bridgehead atoms. The Morgan fingerprint density at radius 1 is 0.390 bits per heavy atom. The Kier molecular flexibility index (Phi) is 8.06. The quantitative estimate of drug-likeness (QED) is 0.133. The minimum atomic E-state index is -4.71. The van der Waals surface area contributed by atoms with Gasteiger partial charge in [-0.2, -0.15) is 0 Å². The van der Waals surface area contributed by atoms with Crippen molar-refractivity contribution in [2.45, 2.75) is 23.9 Å². The molecule has 0 aliphatic carbocycles. The molecule has 7 heteroatoms. The molecule has 5 aromatic carbocycles. The Balaban J connectivity index is 1.89. The number of benzene rings is 5. The van der Waals surface area contributed by atoms with E-state index < -0.39 is 31.2 Å². The van der Waals surface area contributed by atoms with E-state index in [-0.39, 0.29) is 22.0 Å². The first-order chi connectivity index (χ1) is 19.6. The molecule has 0 fully saturated rings. The fourth-order valence-corrected chi connectivity index (χ4v) is 11.3. The molecule has 0 N–H and O–H groups in total. The van der Waals surface area contributed by atoms with E-state index in [1.165, 1.54) is 54.6 Å². The van der Waals surface area contributed by atoms with E-state index in [0.29, 0.717) is 10.6 Å². The molecule has 0 saturated heterocycles. The second kappa shape index (κ2) is 11.5. The van der Waals surface area contributed by atoms with E-state index in [1.54, 1.807) is 91.0 Å². The molecule has 0 saturated carbocycles. The van der Waals surface area contributed by atoms with Crippen LogP contribution in [0.1, 0.15) is 28.3 Å². The molecule has 5 rings (SSSR count). The average molecular weight is 581 g/mol. The van der Waals surface area contributed by atoms with Crippen LogP contribution in [-0.2, 0) is 0 Å². The van der Waals surface area contributed by atoms with Crippen molar-refractivity contribution >= 4 is 23.2 Å². The predicted molar refractivity (Wildman–Crippen MR) is 156 cm³/mol. The summed E-state index contributed by atoms with van der Waals surface area (Å²) in [6.07, 6.45) is -9.37. The van der Waals surface area contributed by atoms with Gasteiger partial charge in [-0.3, -0.25) is 0 Å². The first kappa shape index (κ1) is 28.6. The van der Waals surface area contributed by atoms with Gasteiger partial charge in [0.15, 0.2) is 0 Å². The van der Waals surface area contributed by atoms with Crippen molar-refractivity contribution in [2.75, 3.05) is 0 Å². The Morgan fingerprint density at radius 2 is 0.780 bits per heavy atom. The first-order valence-electron chi connectivity index (χ1n) is 13.1. The molecule has 210 valence electrons. The van der Waals surface area contributed by atoms with Crippen LogP contribution in [0, 0.1) is 0 Å². The Hall–Kier alpha value is -3.89. The van der Waals surface area contributed by atoms with Crippen LogP contribution >= 0.6 is 7.26 Å². The second-order valence-electron chi connectivity index (χ2n) is 9.94. The van der Waals surface area contributed by atoms with E-state index >= 15 is 13.2 Å². The van der Waals surface area contributed by atoms with Gasteiger partial charge in [0, 0.05) is 0 Å². The monoisotopic (exact) mass is 580 g/mol. The summed E-state index contributed by atoms with van der Waals surface area (Å²) in [5.74, 6) is -2.00. The maximum atomic E-state index is 15.5. The molecular formula is C34H27F6P. The topological polar surface area (TPSA) is 0 Å². The summed E-state index contributed by atoms with van der Waals surface area (Å²) in [6, 6.07) is 37.8. The third-order valence-corrected chi connectivity index (χ3v) is 12.7. The van der Waals surface area contributed by atoms with Gasteiger partial charge < -0.3 is 0 Å². The molecule has 41 heavy (non-hydrogen) atoms. The molecule has 5 aromatic rings. The molecule has 0 aromatic heterocycles. The van der Waals surface area contributed by atoms with E-state index in [0.717, 1.165) is 0 Å². The molecule has 0 aliphatic heterocycles. The minimum absolute atomic E-state index is 0.0271. The number of hydrogen-bond donors (Lipinski definition) is 0. The van der Waals surface area contributed by atoms with Gasteiger partial charge >= 0.3 is 236 Å². The van der Waals surface area contributed by atoms with Crippen molar-refractivity contribution in [1.82, 2.24) is 0 Å². The molecule has 2 atom stereocenters. The van der Waals surface area contributed by atoms with Crippen LogP contribution in [-0.4, -0.2) is 12.4 Å². The number of alkyl halides is 6. The fraction of sp³-hybridized carbons (Fsp3) is 0.118. The van der Waals surface area contributed by atoms with Crippen LogP contribution in [0.3, 0.4) is 0 Å². The van der Waals surface area contributed by atoms with Crippen LogP contribution in [0.5, 0.6) is 0 Å². The zero-order valence-corrected chi connectivity index (χ0v) is 22.8. The normalized spacial score (nSPS) is 14.3. The third kappa shape index (κ3) is 5.67. The van der Waals surface area contributed by atoms with Gasteiger partial charge in [0.1, 0.15) is 0 Å². The van der Waals surface area contributed by atoms with Crippen molar-refractivity contribution in [3.63, 3.8) is 0 Å². The van der Waals surface area contributed by atoms with Gasteiger partial charge in [-0.25, -0.2) is 0 Å². The SMILES string of the molecule is FC(F)(F)C(c1ccccc1)c1cccc([PH](c2ccccc2)(c2ccccc2)C(c2ccccc2)C(F)(F)F)c1. The summed E-state index contributed by atoms with van der Waals surface area (Å²) in [5.41, 5.74) is -1.98. The van der Waals surface area contributed by atoms with Crippen LogP contribution in [0.25, 0.3) is 0 Å². The summed E-state index contributed by atoms with van der Waals surface area (Å²) >= 11 is 0. The summed E-state index contributed by atoms with van der Waals surface area (Å²) < 4.78 is 90.4. The van der Waals surface area contributed by atoms with E-state index in [1.807, 2.05) is 0 Å². The zero-order chi connectivity index (χ0) is 29.1. The van der Waals surface area contributed by atoms with E-state index in [4.69, 9.17) is 0 Å². The Labute approximate surface area is 235 Å². The van der Waals surface area contributed by atoms with E-state index in [9.17, 15) is 13.2 Å². The van der Waals surface area contributed by atoms with Gasteiger partial charge in [0.25, 0.3) is 0 Å². The Morgan fingerprint density at radius 3 is 1.22 bits per heavy atom. The fourth-order valence-electron chi connectivity index (χ4n) is 5.91. The molecule has 0 aliphatic rings. The van der Waals surface area contributed by atoms with Crippen molar-refractivity contribution in [1.29, 1.82) is 0 Å². The summed E-state index contributed by atoms with van der Waals surface area (Å²) in [6.45, 7) is 0. The standard InChI is InChI=1S/C34H27F6P/c35-33(36,37)31(25-14-5-1-6-15-25)27-18-13-23-30(24-27)41(28-19-9-3-10-20-28,29-21-11-4-12-22-29)32(34(38,39)40)26-16-7-2-8-17-26/h1-24,31-32,41H. The van der Waals surface area contributed by atoms with Crippen LogP contribution < -0.4 is 15.9 Å². The third-order valence-electron chi connectivity index (χ3n) is 7.49. The van der Waals surface area contributed by atoms with Crippen molar-refractivity contribution in [3.05, 3.63) is 162 Å². The number of rotatable bonds is 7. The zero-order valence-electron chi connectivity index (χ0n) is 21.8. The maximum absolute atomic E-state index is 15.5. The summed E-state index contributed by atoms with van der Waals surface area (Å²) in [5, 5.41) is 1.17. The van der Waals surface area contributed by atoms with Crippen LogP contribution in [0.15, 0.2) is 146 Å². The molecule has 0 nitrogen and oxygen atoms in total. The second-order valence-corrected chi connectivity index (χ2v) is 13.9. The molecule has 0 heterocycles. The average Bonchev–Trinajstić information content (AvgIpc) is 2.97. The molecule has 0 amide bonds. The van der Waals surface area contributed by atoms with Crippen molar-refractivity contribution in [3.8, 4) is 0 Å². The molecule has 2 unspecified atom stereocenters. The molecular weight excluding hydrogens is 553 g/mol. The van der Waals surface area contributed by atoms with Gasteiger partial charge in [0.05, 0.1) is 0 Å². The van der Waals surface area contributed by atoms with Gasteiger partial charge in [0.2, 0.25) is 0 Å². The van der Waals surface area contributed by atoms with Gasteiger partial charge in [-0.1, -0.05) is 0 Å². The van der Waals surface area contributed by atoms with E-state index in [2.05, 4.69) is 0 Å².